The fourth-order valence-electron chi connectivity index (χ4n) is 1.79. The summed E-state index contributed by atoms with van der Waals surface area (Å²) < 4.78 is 24.6. The van der Waals surface area contributed by atoms with E-state index in [-0.39, 0.29) is 5.92 Å². The summed E-state index contributed by atoms with van der Waals surface area (Å²) in [4.78, 5) is 21.6. The van der Waals surface area contributed by atoms with Crippen molar-refractivity contribution in [2.24, 2.45) is 13.0 Å². The van der Waals surface area contributed by atoms with Gasteiger partial charge in [0.1, 0.15) is 0 Å². The summed E-state index contributed by atoms with van der Waals surface area (Å²) in [5.41, 5.74) is 1.10. The van der Waals surface area contributed by atoms with Gasteiger partial charge in [0, 0.05) is 25.4 Å². The standard InChI is InChI=1S/C10H15NO2.C5H11NO3S.C2H6/c1-7-5-11(4)6-8(7)10(2,3)9(12)13;1-4(2)5(7)6-10(3,8)9;1-2/h5-6H,1-4H3,(H,12,13);4H,1-3H3,(H,6,7);1-2H3. The maximum Gasteiger partial charge on any atom is 0.313 e. The Morgan fingerprint density at radius 3 is 1.84 bits per heavy atom. The fraction of sp³-hybridized carbons (Fsp3) is 0.647. The number of rotatable bonds is 4. The van der Waals surface area contributed by atoms with Gasteiger partial charge in [0.05, 0.1) is 11.7 Å². The number of nitrogens with zero attached hydrogens (tertiary/aromatic N) is 1. The third kappa shape index (κ3) is 9.28. The first-order chi connectivity index (χ1) is 11.2. The Hall–Kier alpha value is -1.83. The summed E-state index contributed by atoms with van der Waals surface area (Å²) in [7, 11) is -1.47. The number of hydrogen-bond acceptors (Lipinski definition) is 4. The number of sulfonamides is 1. The second kappa shape index (κ2) is 10.2. The van der Waals surface area contributed by atoms with Crippen LogP contribution in [0.25, 0.3) is 0 Å². The Balaban J connectivity index is 0. The first-order valence-electron chi connectivity index (χ1n) is 8.06. The number of carboxylic acid groups (broad SMARTS) is 1. The summed E-state index contributed by atoms with van der Waals surface area (Å²) in [6, 6.07) is 0. The van der Waals surface area contributed by atoms with Crippen molar-refractivity contribution >= 4 is 21.9 Å². The van der Waals surface area contributed by atoms with E-state index >= 15 is 0 Å². The molecule has 1 aromatic heterocycles. The van der Waals surface area contributed by atoms with Gasteiger partial charge < -0.3 is 9.67 Å². The van der Waals surface area contributed by atoms with Crippen LogP contribution in [0.4, 0.5) is 0 Å². The first kappa shape index (κ1) is 25.4. The van der Waals surface area contributed by atoms with Crippen LogP contribution in [0.5, 0.6) is 0 Å². The van der Waals surface area contributed by atoms with Crippen LogP contribution in [-0.4, -0.2) is 36.2 Å². The lowest BCUT2D eigenvalue weighted by Gasteiger charge is -2.18. The molecule has 0 bridgehead atoms. The molecule has 0 saturated heterocycles. The molecule has 0 saturated carbocycles. The average Bonchev–Trinajstić information content (AvgIpc) is 2.79. The van der Waals surface area contributed by atoms with Crippen molar-refractivity contribution in [1.82, 2.24) is 9.29 Å². The molecule has 1 heterocycles. The molecule has 2 N–H and O–H groups in total. The number of amides is 1. The zero-order valence-electron chi connectivity index (χ0n) is 16.7. The summed E-state index contributed by atoms with van der Waals surface area (Å²) in [5.74, 6) is -1.56. The third-order valence-corrected chi connectivity index (χ3v) is 3.75. The van der Waals surface area contributed by atoms with Crippen molar-refractivity contribution < 1.29 is 23.1 Å². The summed E-state index contributed by atoms with van der Waals surface area (Å²) in [6.45, 7) is 12.6. The van der Waals surface area contributed by atoms with Crippen LogP contribution >= 0.6 is 0 Å². The molecular formula is C17H32N2O5S. The lowest BCUT2D eigenvalue weighted by atomic mass is 9.84. The van der Waals surface area contributed by atoms with E-state index in [1.807, 2.05) is 49.5 Å². The molecule has 0 radical (unpaired) electrons. The van der Waals surface area contributed by atoms with Gasteiger partial charge in [0.2, 0.25) is 15.9 Å². The Morgan fingerprint density at radius 1 is 1.20 bits per heavy atom. The van der Waals surface area contributed by atoms with Crippen molar-refractivity contribution in [3.8, 4) is 0 Å². The normalized spacial score (nSPS) is 11.0. The Morgan fingerprint density at radius 2 is 1.64 bits per heavy atom. The number of aliphatic carboxylic acids is 1. The van der Waals surface area contributed by atoms with Crippen LogP contribution in [0.2, 0.25) is 0 Å². The molecule has 0 fully saturated rings. The molecule has 0 unspecified atom stereocenters. The minimum Gasteiger partial charge on any atom is -0.481 e. The fourth-order valence-corrected chi connectivity index (χ4v) is 2.39. The van der Waals surface area contributed by atoms with Crippen LogP contribution < -0.4 is 4.72 Å². The highest BCUT2D eigenvalue weighted by atomic mass is 32.2. The predicted octanol–water partition coefficient (Wildman–Crippen LogP) is 2.44. The van der Waals surface area contributed by atoms with Crippen LogP contribution in [0.1, 0.15) is 52.7 Å². The molecule has 0 aromatic carbocycles. The van der Waals surface area contributed by atoms with Gasteiger partial charge in [0.15, 0.2) is 0 Å². The van der Waals surface area contributed by atoms with E-state index < -0.39 is 27.3 Å². The zero-order valence-corrected chi connectivity index (χ0v) is 17.5. The van der Waals surface area contributed by atoms with E-state index in [4.69, 9.17) is 5.11 Å². The molecule has 1 aromatic rings. The number of carbonyl (C=O) groups excluding carboxylic acids is 1. The van der Waals surface area contributed by atoms with Crippen molar-refractivity contribution in [3.63, 3.8) is 0 Å². The van der Waals surface area contributed by atoms with E-state index in [0.717, 1.165) is 17.4 Å². The lowest BCUT2D eigenvalue weighted by Crippen LogP contribution is -2.32. The van der Waals surface area contributed by atoms with Crippen LogP contribution in [0, 0.1) is 12.8 Å². The van der Waals surface area contributed by atoms with Crippen LogP contribution in [0.15, 0.2) is 12.4 Å². The highest BCUT2D eigenvalue weighted by Crippen LogP contribution is 2.26. The molecular weight excluding hydrogens is 344 g/mol. The topological polar surface area (TPSA) is 105 Å². The summed E-state index contributed by atoms with van der Waals surface area (Å²) >= 11 is 0. The molecule has 0 aliphatic rings. The zero-order chi connectivity index (χ0) is 20.6. The quantitative estimate of drug-likeness (QED) is 0.839. The van der Waals surface area contributed by atoms with E-state index in [9.17, 15) is 18.0 Å². The van der Waals surface area contributed by atoms with Gasteiger partial charge in [-0.1, -0.05) is 27.7 Å². The molecule has 7 nitrogen and oxygen atoms in total. The average molecular weight is 377 g/mol. The van der Waals surface area contributed by atoms with Crippen molar-refractivity contribution in [1.29, 1.82) is 0 Å². The smallest absolute Gasteiger partial charge is 0.313 e. The number of carbonyl (C=O) groups is 2. The highest BCUT2D eigenvalue weighted by molar-refractivity contribution is 7.89. The molecule has 25 heavy (non-hydrogen) atoms. The van der Waals surface area contributed by atoms with Gasteiger partial charge in [-0.2, -0.15) is 0 Å². The van der Waals surface area contributed by atoms with Gasteiger partial charge in [-0.3, -0.25) is 14.3 Å². The van der Waals surface area contributed by atoms with Crippen LogP contribution in [-0.2, 0) is 32.1 Å². The van der Waals surface area contributed by atoms with Gasteiger partial charge in [-0.25, -0.2) is 8.42 Å². The largest absolute Gasteiger partial charge is 0.481 e. The summed E-state index contributed by atoms with van der Waals surface area (Å²) in [5, 5.41) is 9.02. The maximum atomic E-state index is 11.0. The molecule has 0 aliphatic heterocycles. The van der Waals surface area contributed by atoms with Crippen LogP contribution in [0.3, 0.4) is 0 Å². The van der Waals surface area contributed by atoms with E-state index in [1.165, 1.54) is 0 Å². The monoisotopic (exact) mass is 376 g/mol. The molecule has 0 atom stereocenters. The number of hydrogen-bond donors (Lipinski definition) is 2. The van der Waals surface area contributed by atoms with Gasteiger partial charge in [-0.05, 0) is 31.9 Å². The first-order valence-corrected chi connectivity index (χ1v) is 9.95. The van der Waals surface area contributed by atoms with Gasteiger partial charge >= 0.3 is 5.97 Å². The minimum absolute atomic E-state index is 0.297. The van der Waals surface area contributed by atoms with Crippen molar-refractivity contribution in [3.05, 3.63) is 23.5 Å². The maximum absolute atomic E-state index is 11.0. The molecule has 8 heteroatoms. The van der Waals surface area contributed by atoms with Crippen molar-refractivity contribution in [2.45, 2.75) is 53.9 Å². The van der Waals surface area contributed by atoms with E-state index in [2.05, 4.69) is 0 Å². The minimum atomic E-state index is -3.37. The number of aryl methyl sites for hydroxylation is 2. The Bertz CT molecular complexity index is 673. The van der Waals surface area contributed by atoms with Gasteiger partial charge in [-0.15, -0.1) is 0 Å². The molecule has 146 valence electrons. The SMILES string of the molecule is CC.CC(C)C(=O)NS(C)(=O)=O.Cc1cn(C)cc1C(C)(C)C(=O)O. The number of nitrogens with one attached hydrogen (secondary N) is 1. The number of aromatic nitrogens is 1. The summed E-state index contributed by atoms with van der Waals surface area (Å²) in [6.07, 6.45) is 4.75. The predicted molar refractivity (Wildman–Crippen MR) is 100.0 cm³/mol. The molecule has 0 spiro atoms. The molecule has 1 amide bonds. The third-order valence-electron chi connectivity index (χ3n) is 3.17. The second-order valence-electron chi connectivity index (χ2n) is 6.34. The molecule has 1 rings (SSSR count). The van der Waals surface area contributed by atoms with Crippen molar-refractivity contribution in [2.75, 3.05) is 6.26 Å². The Kier molecular flexibility index (Phi) is 10.4. The number of carboxylic acids is 1. The second-order valence-corrected chi connectivity index (χ2v) is 8.09. The van der Waals surface area contributed by atoms with E-state index in [0.29, 0.717) is 0 Å². The van der Waals surface area contributed by atoms with E-state index in [1.54, 1.807) is 27.7 Å². The lowest BCUT2D eigenvalue weighted by molar-refractivity contribution is -0.142. The highest BCUT2D eigenvalue weighted by Gasteiger charge is 2.31. The van der Waals surface area contributed by atoms with Gasteiger partial charge in [0.25, 0.3) is 0 Å². The Labute approximate surface area is 151 Å². The molecule has 0 aliphatic carbocycles.